The molecule has 1 aliphatic heterocycles. The van der Waals surface area contributed by atoms with Crippen molar-refractivity contribution in [3.8, 4) is 0 Å². The molecule has 0 spiro atoms. The van der Waals surface area contributed by atoms with Gasteiger partial charge in [0.1, 0.15) is 0 Å². The Labute approximate surface area is 124 Å². The molecule has 0 aliphatic carbocycles. The third-order valence-corrected chi connectivity index (χ3v) is 4.45. The van der Waals surface area contributed by atoms with Crippen LogP contribution in [0.2, 0.25) is 0 Å². The highest BCUT2D eigenvalue weighted by Crippen LogP contribution is 2.19. The highest BCUT2D eigenvalue weighted by atomic mass is 32.1. The van der Waals surface area contributed by atoms with E-state index < -0.39 is 0 Å². The monoisotopic (exact) mass is 297 g/mol. The van der Waals surface area contributed by atoms with E-state index in [9.17, 15) is 4.79 Å². The van der Waals surface area contributed by atoms with Crippen LogP contribution in [0.25, 0.3) is 0 Å². The van der Waals surface area contributed by atoms with Gasteiger partial charge in [-0.05, 0) is 0 Å². The highest BCUT2D eigenvalue weighted by Gasteiger charge is 2.12. The number of carbonyl (C=O) groups is 1. The minimum atomic E-state index is 0.0545. The Bertz CT molecular complexity index is 428. The molecule has 1 saturated heterocycles. The van der Waals surface area contributed by atoms with Gasteiger partial charge in [0.05, 0.1) is 30.3 Å². The molecule has 0 saturated carbocycles. The first-order valence-corrected chi connectivity index (χ1v) is 8.04. The first-order chi connectivity index (χ1) is 9.65. The Balaban J connectivity index is 1.66. The van der Waals surface area contributed by atoms with Crippen LogP contribution >= 0.6 is 11.3 Å². The van der Waals surface area contributed by atoms with Crippen LogP contribution in [0.1, 0.15) is 30.5 Å². The summed E-state index contributed by atoms with van der Waals surface area (Å²) in [6.07, 6.45) is 0.381. The van der Waals surface area contributed by atoms with E-state index in [-0.39, 0.29) is 5.91 Å². The first-order valence-electron chi connectivity index (χ1n) is 7.16. The van der Waals surface area contributed by atoms with Crippen LogP contribution in [0.3, 0.4) is 0 Å². The summed E-state index contributed by atoms with van der Waals surface area (Å²) >= 11 is 1.63. The third-order valence-electron chi connectivity index (χ3n) is 3.26. The lowest BCUT2D eigenvalue weighted by Gasteiger charge is -2.26. The van der Waals surface area contributed by atoms with E-state index in [1.165, 1.54) is 0 Å². The second kappa shape index (κ2) is 7.71. The van der Waals surface area contributed by atoms with Gasteiger partial charge in [-0.25, -0.2) is 4.98 Å². The zero-order valence-electron chi connectivity index (χ0n) is 12.2. The van der Waals surface area contributed by atoms with Gasteiger partial charge >= 0.3 is 0 Å². The largest absolute Gasteiger partial charge is 0.379 e. The smallest absolute Gasteiger partial charge is 0.226 e. The summed E-state index contributed by atoms with van der Waals surface area (Å²) in [5, 5.41) is 6.04. The van der Waals surface area contributed by atoms with Gasteiger partial charge in [-0.15, -0.1) is 11.3 Å². The van der Waals surface area contributed by atoms with E-state index in [0.717, 1.165) is 43.5 Å². The average molecular weight is 297 g/mol. The molecule has 1 aliphatic rings. The summed E-state index contributed by atoms with van der Waals surface area (Å²) in [7, 11) is 0. The van der Waals surface area contributed by atoms with Crippen molar-refractivity contribution in [2.45, 2.75) is 26.2 Å². The van der Waals surface area contributed by atoms with Crippen LogP contribution in [0.4, 0.5) is 0 Å². The summed E-state index contributed by atoms with van der Waals surface area (Å²) < 4.78 is 5.29. The van der Waals surface area contributed by atoms with Crippen molar-refractivity contribution < 1.29 is 9.53 Å². The van der Waals surface area contributed by atoms with Crippen LogP contribution < -0.4 is 5.32 Å². The number of nitrogens with zero attached hydrogens (tertiary/aromatic N) is 2. The number of ether oxygens (including phenoxy) is 1. The maximum absolute atomic E-state index is 11.8. The molecule has 5 nitrogen and oxygen atoms in total. The molecule has 1 aromatic rings. The molecular formula is C14H23N3O2S. The number of nitrogens with one attached hydrogen (secondary N) is 1. The maximum atomic E-state index is 11.8. The number of rotatable bonds is 6. The van der Waals surface area contributed by atoms with Crippen molar-refractivity contribution in [2.75, 3.05) is 39.4 Å². The van der Waals surface area contributed by atoms with Gasteiger partial charge in [0.25, 0.3) is 0 Å². The lowest BCUT2D eigenvalue weighted by molar-refractivity contribution is -0.120. The SMILES string of the molecule is CC(C)c1nc(CC(=O)NCCN2CCOCC2)cs1. The standard InChI is InChI=1S/C14H23N3O2S/c1-11(2)14-16-12(10-20-14)9-13(18)15-3-4-17-5-7-19-8-6-17/h10-11H,3-9H2,1-2H3,(H,15,18). The summed E-state index contributed by atoms with van der Waals surface area (Å²) in [6.45, 7) is 9.33. The van der Waals surface area contributed by atoms with E-state index in [1.807, 2.05) is 5.38 Å². The Morgan fingerprint density at radius 2 is 2.25 bits per heavy atom. The molecule has 2 rings (SSSR count). The lowest BCUT2D eigenvalue weighted by atomic mass is 10.2. The van der Waals surface area contributed by atoms with Crippen molar-refractivity contribution in [1.82, 2.24) is 15.2 Å². The summed E-state index contributed by atoms with van der Waals surface area (Å²) in [5.41, 5.74) is 0.877. The molecule has 1 fully saturated rings. The van der Waals surface area contributed by atoms with Crippen molar-refractivity contribution >= 4 is 17.2 Å². The van der Waals surface area contributed by atoms with Gasteiger partial charge in [0.15, 0.2) is 0 Å². The molecule has 0 bridgehead atoms. The molecule has 1 N–H and O–H groups in total. The Kier molecular flexibility index (Phi) is 5.94. The van der Waals surface area contributed by atoms with E-state index in [1.54, 1.807) is 11.3 Å². The fourth-order valence-electron chi connectivity index (χ4n) is 2.07. The van der Waals surface area contributed by atoms with Crippen LogP contribution in [-0.2, 0) is 16.0 Å². The third kappa shape index (κ3) is 4.85. The fourth-order valence-corrected chi connectivity index (χ4v) is 2.91. The highest BCUT2D eigenvalue weighted by molar-refractivity contribution is 7.09. The minimum Gasteiger partial charge on any atom is -0.379 e. The molecule has 0 aromatic carbocycles. The summed E-state index contributed by atoms with van der Waals surface area (Å²) in [6, 6.07) is 0. The summed E-state index contributed by atoms with van der Waals surface area (Å²) in [4.78, 5) is 18.6. The van der Waals surface area contributed by atoms with Crippen LogP contribution in [0, 0.1) is 0 Å². The van der Waals surface area contributed by atoms with Crippen LogP contribution in [0.15, 0.2) is 5.38 Å². The minimum absolute atomic E-state index is 0.0545. The molecule has 0 atom stereocenters. The molecule has 2 heterocycles. The Morgan fingerprint density at radius 3 is 2.90 bits per heavy atom. The first kappa shape index (κ1) is 15.4. The molecule has 1 aromatic heterocycles. The number of amides is 1. The van der Waals surface area contributed by atoms with E-state index in [0.29, 0.717) is 18.9 Å². The lowest BCUT2D eigenvalue weighted by Crippen LogP contribution is -2.41. The van der Waals surface area contributed by atoms with Gasteiger partial charge in [-0.3, -0.25) is 9.69 Å². The number of carbonyl (C=O) groups excluding carboxylic acids is 1. The molecule has 112 valence electrons. The van der Waals surface area contributed by atoms with Crippen LogP contribution in [-0.4, -0.2) is 55.2 Å². The van der Waals surface area contributed by atoms with E-state index >= 15 is 0 Å². The van der Waals surface area contributed by atoms with Crippen molar-refractivity contribution in [1.29, 1.82) is 0 Å². The molecule has 0 radical (unpaired) electrons. The number of thiazole rings is 1. The van der Waals surface area contributed by atoms with Gasteiger partial charge in [0, 0.05) is 37.5 Å². The number of hydrogen-bond donors (Lipinski definition) is 1. The zero-order chi connectivity index (χ0) is 14.4. The second-order valence-corrected chi connectivity index (χ2v) is 6.20. The maximum Gasteiger partial charge on any atom is 0.226 e. The van der Waals surface area contributed by atoms with E-state index in [4.69, 9.17) is 4.74 Å². The molecule has 1 amide bonds. The molecule has 6 heteroatoms. The number of hydrogen-bond acceptors (Lipinski definition) is 5. The molecular weight excluding hydrogens is 274 g/mol. The number of morpholine rings is 1. The predicted molar refractivity (Wildman–Crippen MR) is 80.2 cm³/mol. The van der Waals surface area contributed by atoms with Crippen molar-refractivity contribution in [3.05, 3.63) is 16.1 Å². The normalized spacial score (nSPS) is 16.6. The Hall–Kier alpha value is -0.980. The summed E-state index contributed by atoms with van der Waals surface area (Å²) in [5.74, 6) is 0.483. The second-order valence-electron chi connectivity index (χ2n) is 5.31. The fraction of sp³-hybridized carbons (Fsp3) is 0.714. The Morgan fingerprint density at radius 1 is 1.50 bits per heavy atom. The number of aromatic nitrogens is 1. The van der Waals surface area contributed by atoms with Gasteiger partial charge < -0.3 is 10.1 Å². The molecule has 20 heavy (non-hydrogen) atoms. The zero-order valence-corrected chi connectivity index (χ0v) is 13.0. The average Bonchev–Trinajstić information content (AvgIpc) is 2.88. The topological polar surface area (TPSA) is 54.5 Å². The van der Waals surface area contributed by atoms with E-state index in [2.05, 4.69) is 29.0 Å². The van der Waals surface area contributed by atoms with Gasteiger partial charge in [-0.2, -0.15) is 0 Å². The van der Waals surface area contributed by atoms with Gasteiger partial charge in [0.2, 0.25) is 5.91 Å². The van der Waals surface area contributed by atoms with Gasteiger partial charge in [-0.1, -0.05) is 13.8 Å². The van der Waals surface area contributed by atoms with Crippen LogP contribution in [0.5, 0.6) is 0 Å². The molecule has 0 unspecified atom stereocenters. The quantitative estimate of drug-likeness (QED) is 0.859. The predicted octanol–water partition coefficient (Wildman–Crippen LogP) is 1.26. The van der Waals surface area contributed by atoms with Crippen molar-refractivity contribution in [2.24, 2.45) is 0 Å². The van der Waals surface area contributed by atoms with Crippen molar-refractivity contribution in [3.63, 3.8) is 0 Å².